The van der Waals surface area contributed by atoms with E-state index in [9.17, 15) is 8.42 Å². The number of rotatable bonds is 7. The van der Waals surface area contributed by atoms with Crippen molar-refractivity contribution in [3.63, 3.8) is 0 Å². The van der Waals surface area contributed by atoms with Crippen LogP contribution in [0.15, 0.2) is 4.99 Å². The third-order valence-corrected chi connectivity index (χ3v) is 5.14. The van der Waals surface area contributed by atoms with Gasteiger partial charge >= 0.3 is 0 Å². The van der Waals surface area contributed by atoms with Crippen molar-refractivity contribution >= 4 is 15.8 Å². The van der Waals surface area contributed by atoms with Gasteiger partial charge in [-0.15, -0.1) is 0 Å². The maximum absolute atomic E-state index is 11.2. The number of guanidine groups is 1. The molecule has 2 unspecified atom stereocenters. The van der Waals surface area contributed by atoms with Gasteiger partial charge in [0.1, 0.15) is 9.84 Å². The summed E-state index contributed by atoms with van der Waals surface area (Å²) < 4.78 is 28.4. The van der Waals surface area contributed by atoms with Crippen molar-refractivity contribution in [2.45, 2.75) is 53.1 Å². The summed E-state index contributed by atoms with van der Waals surface area (Å²) in [5.41, 5.74) is 0.113. The van der Waals surface area contributed by atoms with Crippen LogP contribution in [0.2, 0.25) is 0 Å². The van der Waals surface area contributed by atoms with E-state index >= 15 is 0 Å². The first-order chi connectivity index (χ1) is 11.1. The lowest BCUT2D eigenvalue weighted by atomic mass is 9.78. The molecule has 0 amide bonds. The first-order valence-electron chi connectivity index (χ1n) is 8.95. The molecule has 0 spiro atoms. The largest absolute Gasteiger partial charge is 0.377 e. The summed E-state index contributed by atoms with van der Waals surface area (Å²) in [6, 6.07) is 0. The van der Waals surface area contributed by atoms with Crippen molar-refractivity contribution in [1.29, 1.82) is 0 Å². The molecule has 1 fully saturated rings. The third kappa shape index (κ3) is 8.33. The lowest BCUT2D eigenvalue weighted by molar-refractivity contribution is -0.0823. The van der Waals surface area contributed by atoms with E-state index < -0.39 is 9.84 Å². The summed E-state index contributed by atoms with van der Waals surface area (Å²) in [6.07, 6.45) is 4.30. The standard InChI is InChI=1S/C17H35N3O3S/c1-6-18-16(19-10-8-12-24(5,21)22)20-13-14-9-7-11-23-15(14)17(2,3)4/h14-15H,6-13H2,1-5H3,(H2,18,19,20). The predicted molar refractivity (Wildman–Crippen MR) is 100 cm³/mol. The maximum Gasteiger partial charge on any atom is 0.191 e. The van der Waals surface area contributed by atoms with E-state index in [2.05, 4.69) is 31.4 Å². The molecule has 0 bridgehead atoms. The Morgan fingerprint density at radius 3 is 2.58 bits per heavy atom. The maximum atomic E-state index is 11.2. The fraction of sp³-hybridized carbons (Fsp3) is 0.941. The highest BCUT2D eigenvalue weighted by Gasteiger charge is 2.35. The van der Waals surface area contributed by atoms with E-state index in [1.807, 2.05) is 6.92 Å². The van der Waals surface area contributed by atoms with Crippen LogP contribution in [0, 0.1) is 11.3 Å². The molecule has 1 saturated heterocycles. The van der Waals surface area contributed by atoms with E-state index in [4.69, 9.17) is 9.73 Å². The summed E-state index contributed by atoms with van der Waals surface area (Å²) in [7, 11) is -2.90. The van der Waals surface area contributed by atoms with E-state index in [0.29, 0.717) is 18.9 Å². The molecule has 7 heteroatoms. The van der Waals surface area contributed by atoms with Gasteiger partial charge in [0.15, 0.2) is 5.96 Å². The number of nitrogens with one attached hydrogen (secondary N) is 2. The second kappa shape index (κ2) is 9.61. The lowest BCUT2D eigenvalue weighted by Gasteiger charge is -2.39. The van der Waals surface area contributed by atoms with Crippen LogP contribution in [-0.4, -0.2) is 58.7 Å². The molecular formula is C17H35N3O3S. The summed E-state index contributed by atoms with van der Waals surface area (Å²) >= 11 is 0. The molecule has 0 aliphatic carbocycles. The smallest absolute Gasteiger partial charge is 0.191 e. The third-order valence-electron chi connectivity index (χ3n) is 4.11. The second-order valence-corrected chi connectivity index (χ2v) is 9.95. The summed E-state index contributed by atoms with van der Waals surface area (Å²) in [5, 5.41) is 6.44. The number of hydrogen-bond acceptors (Lipinski definition) is 4. The average molecular weight is 362 g/mol. The summed E-state index contributed by atoms with van der Waals surface area (Å²) in [4.78, 5) is 4.70. The van der Waals surface area contributed by atoms with Gasteiger partial charge < -0.3 is 15.4 Å². The number of ether oxygens (including phenoxy) is 1. The predicted octanol–water partition coefficient (Wildman–Crippen LogP) is 1.82. The van der Waals surface area contributed by atoms with Crippen LogP contribution in [0.1, 0.15) is 47.0 Å². The van der Waals surface area contributed by atoms with Crippen LogP contribution in [0.5, 0.6) is 0 Å². The second-order valence-electron chi connectivity index (χ2n) is 7.69. The van der Waals surface area contributed by atoms with Crippen molar-refractivity contribution in [2.24, 2.45) is 16.3 Å². The number of hydrogen-bond donors (Lipinski definition) is 2. The van der Waals surface area contributed by atoms with Gasteiger partial charge in [0.2, 0.25) is 0 Å². The Morgan fingerprint density at radius 2 is 2.00 bits per heavy atom. The topological polar surface area (TPSA) is 79.8 Å². The average Bonchev–Trinajstić information content (AvgIpc) is 2.47. The van der Waals surface area contributed by atoms with Crippen LogP contribution in [-0.2, 0) is 14.6 Å². The molecule has 2 N–H and O–H groups in total. The molecule has 0 aromatic rings. The number of nitrogens with zero attached hydrogens (tertiary/aromatic N) is 1. The Bertz CT molecular complexity index is 498. The Labute approximate surface area is 147 Å². The van der Waals surface area contributed by atoms with E-state index in [-0.39, 0.29) is 17.3 Å². The molecule has 1 heterocycles. The first kappa shape index (κ1) is 21.2. The molecule has 1 aliphatic rings. The van der Waals surface area contributed by atoms with Gasteiger partial charge in [-0.1, -0.05) is 20.8 Å². The van der Waals surface area contributed by atoms with Gasteiger partial charge in [0, 0.05) is 38.4 Å². The summed E-state index contributed by atoms with van der Waals surface area (Å²) in [5.74, 6) is 1.37. The molecule has 0 aromatic carbocycles. The Morgan fingerprint density at radius 1 is 1.29 bits per heavy atom. The highest BCUT2D eigenvalue weighted by Crippen LogP contribution is 2.34. The van der Waals surface area contributed by atoms with Gasteiger partial charge in [-0.3, -0.25) is 4.99 Å². The first-order valence-corrected chi connectivity index (χ1v) is 11.0. The normalized spacial score (nSPS) is 23.1. The highest BCUT2D eigenvalue weighted by atomic mass is 32.2. The van der Waals surface area contributed by atoms with Gasteiger partial charge in [-0.2, -0.15) is 0 Å². The van der Waals surface area contributed by atoms with Crippen molar-refractivity contribution in [2.75, 3.05) is 38.2 Å². The van der Waals surface area contributed by atoms with Gasteiger partial charge in [-0.25, -0.2) is 8.42 Å². The lowest BCUT2D eigenvalue weighted by Crippen LogP contribution is -2.43. The molecular weight excluding hydrogens is 326 g/mol. The molecule has 142 valence electrons. The number of sulfone groups is 1. The molecule has 1 rings (SSSR count). The Kier molecular flexibility index (Phi) is 8.50. The van der Waals surface area contributed by atoms with Gasteiger partial charge in [0.25, 0.3) is 0 Å². The molecule has 1 aliphatic heterocycles. The van der Waals surface area contributed by atoms with Crippen molar-refractivity contribution < 1.29 is 13.2 Å². The fourth-order valence-electron chi connectivity index (χ4n) is 3.08. The van der Waals surface area contributed by atoms with Gasteiger partial charge in [0.05, 0.1) is 11.9 Å². The van der Waals surface area contributed by atoms with E-state index in [1.165, 1.54) is 6.26 Å². The van der Waals surface area contributed by atoms with Crippen LogP contribution in [0.4, 0.5) is 0 Å². The molecule has 24 heavy (non-hydrogen) atoms. The zero-order chi connectivity index (χ0) is 18.2. The van der Waals surface area contributed by atoms with Crippen molar-refractivity contribution in [3.8, 4) is 0 Å². The van der Waals surface area contributed by atoms with Crippen molar-refractivity contribution in [1.82, 2.24) is 10.6 Å². The quantitative estimate of drug-likeness (QED) is 0.411. The molecule has 0 saturated carbocycles. The summed E-state index contributed by atoms with van der Waals surface area (Å²) in [6.45, 7) is 11.6. The zero-order valence-electron chi connectivity index (χ0n) is 15.9. The Hall–Kier alpha value is -0.820. The van der Waals surface area contributed by atoms with Crippen molar-refractivity contribution in [3.05, 3.63) is 0 Å². The minimum Gasteiger partial charge on any atom is -0.377 e. The molecule has 6 nitrogen and oxygen atoms in total. The monoisotopic (exact) mass is 361 g/mol. The van der Waals surface area contributed by atoms with E-state index in [1.54, 1.807) is 0 Å². The highest BCUT2D eigenvalue weighted by molar-refractivity contribution is 7.90. The van der Waals surface area contributed by atoms with Crippen LogP contribution in [0.25, 0.3) is 0 Å². The molecule has 2 atom stereocenters. The van der Waals surface area contributed by atoms with Crippen LogP contribution in [0.3, 0.4) is 0 Å². The number of aliphatic imine (C=N–C) groups is 1. The minimum absolute atomic E-state index is 0.113. The zero-order valence-corrected chi connectivity index (χ0v) is 16.7. The van der Waals surface area contributed by atoms with Crippen LogP contribution < -0.4 is 10.6 Å². The molecule has 0 radical (unpaired) electrons. The molecule has 0 aromatic heterocycles. The Balaban J connectivity index is 2.57. The minimum atomic E-state index is -2.90. The van der Waals surface area contributed by atoms with E-state index in [0.717, 1.165) is 38.5 Å². The van der Waals surface area contributed by atoms with Crippen LogP contribution >= 0.6 is 0 Å². The fourth-order valence-corrected chi connectivity index (χ4v) is 3.75. The SMILES string of the molecule is CCNC(=NCC1CCCOC1C(C)(C)C)NCCCS(C)(=O)=O. The van der Waals surface area contributed by atoms with Gasteiger partial charge in [-0.05, 0) is 31.6 Å².